The summed E-state index contributed by atoms with van der Waals surface area (Å²) in [5.41, 5.74) is -3.98. The monoisotopic (exact) mass is 450 g/mol. The second-order valence-electron chi connectivity index (χ2n) is 6.23. The summed E-state index contributed by atoms with van der Waals surface area (Å²) in [6.07, 6.45) is -9.63. The molecule has 0 spiro atoms. The number of hydrogen-bond donors (Lipinski definition) is 2. The van der Waals surface area contributed by atoms with Crippen molar-refractivity contribution in [2.45, 2.75) is 23.8 Å². The normalized spacial score (nSPS) is 13.0. The quantitative estimate of drug-likeness (QED) is 0.589. The van der Waals surface area contributed by atoms with E-state index in [2.05, 4.69) is 4.98 Å². The van der Waals surface area contributed by atoms with Gasteiger partial charge in [-0.3, -0.25) is 4.79 Å². The van der Waals surface area contributed by atoms with Gasteiger partial charge in [0.15, 0.2) is 0 Å². The molecule has 0 saturated carbocycles. The highest BCUT2D eigenvalue weighted by molar-refractivity contribution is 7.89. The minimum absolute atomic E-state index is 0.240. The van der Waals surface area contributed by atoms with Crippen molar-refractivity contribution in [3.05, 3.63) is 75.6 Å². The second-order valence-corrected chi connectivity index (χ2v) is 8.00. The van der Waals surface area contributed by atoms with E-state index in [4.69, 9.17) is 0 Å². The molecule has 0 bridgehead atoms. The van der Waals surface area contributed by atoms with E-state index in [-0.39, 0.29) is 11.1 Å². The molecule has 30 heavy (non-hydrogen) atoms. The third-order valence-electron chi connectivity index (χ3n) is 4.21. The molecule has 0 amide bonds. The SMILES string of the molecule is O=c1cc(C(F)(F)F)c2cc(S(=O)(=O)NCc3ccccc3C(F)(F)F)ccc2[nH]1. The molecular formula is C18H12F6N2O3S. The number of H-pyrrole nitrogens is 1. The first-order chi connectivity index (χ1) is 13.8. The van der Waals surface area contributed by atoms with E-state index in [1.54, 1.807) is 0 Å². The van der Waals surface area contributed by atoms with E-state index in [1.165, 1.54) is 6.07 Å². The van der Waals surface area contributed by atoms with Gasteiger partial charge in [-0.1, -0.05) is 18.2 Å². The van der Waals surface area contributed by atoms with Crippen LogP contribution in [0.3, 0.4) is 0 Å². The van der Waals surface area contributed by atoms with E-state index in [9.17, 15) is 39.6 Å². The first-order valence-corrected chi connectivity index (χ1v) is 9.66. The molecule has 0 radical (unpaired) electrons. The Morgan fingerprint density at radius 1 is 0.867 bits per heavy atom. The van der Waals surface area contributed by atoms with Crippen LogP contribution in [0.1, 0.15) is 16.7 Å². The molecular weight excluding hydrogens is 438 g/mol. The summed E-state index contributed by atoms with van der Waals surface area (Å²) in [5.74, 6) is 0. The molecule has 0 unspecified atom stereocenters. The zero-order chi connectivity index (χ0) is 22.3. The number of aromatic nitrogens is 1. The molecule has 0 aliphatic rings. The zero-order valence-electron chi connectivity index (χ0n) is 14.7. The van der Waals surface area contributed by atoms with Gasteiger partial charge in [0.25, 0.3) is 0 Å². The molecule has 0 fully saturated rings. The Labute approximate surface area is 165 Å². The average molecular weight is 450 g/mol. The molecule has 3 aromatic rings. The van der Waals surface area contributed by atoms with Gasteiger partial charge in [0.1, 0.15) is 0 Å². The smallest absolute Gasteiger partial charge is 0.322 e. The maximum atomic E-state index is 13.2. The topological polar surface area (TPSA) is 79.0 Å². The average Bonchev–Trinajstić information content (AvgIpc) is 2.64. The fourth-order valence-corrected chi connectivity index (χ4v) is 3.87. The maximum absolute atomic E-state index is 13.2. The summed E-state index contributed by atoms with van der Waals surface area (Å²) >= 11 is 0. The van der Waals surface area contributed by atoms with Gasteiger partial charge in [-0.05, 0) is 29.8 Å². The Hall–Kier alpha value is -2.86. The van der Waals surface area contributed by atoms with E-state index < -0.39 is 55.9 Å². The number of fused-ring (bicyclic) bond motifs is 1. The van der Waals surface area contributed by atoms with Gasteiger partial charge in [-0.2, -0.15) is 26.3 Å². The standard InChI is InChI=1S/C18H12F6N2O3S/c19-17(20,21)13-4-2-1-3-10(13)9-25-30(28,29)11-5-6-15-12(7-11)14(18(22,23)24)8-16(27)26-15/h1-8,25H,9H2,(H,26,27). The van der Waals surface area contributed by atoms with Crippen LogP contribution < -0.4 is 10.3 Å². The Bertz CT molecular complexity index is 1260. The number of hydrogen-bond acceptors (Lipinski definition) is 3. The Kier molecular flexibility index (Phi) is 5.41. The lowest BCUT2D eigenvalue weighted by molar-refractivity contribution is -0.138. The summed E-state index contributed by atoms with van der Waals surface area (Å²) < 4.78 is 106. The molecule has 2 N–H and O–H groups in total. The summed E-state index contributed by atoms with van der Waals surface area (Å²) in [7, 11) is -4.46. The molecule has 1 aromatic heterocycles. The number of benzene rings is 2. The lowest BCUT2D eigenvalue weighted by Crippen LogP contribution is -2.25. The highest BCUT2D eigenvalue weighted by Gasteiger charge is 2.34. The first kappa shape index (κ1) is 21.8. The van der Waals surface area contributed by atoms with Crippen LogP contribution in [-0.4, -0.2) is 13.4 Å². The van der Waals surface area contributed by atoms with E-state index in [1.807, 2.05) is 4.72 Å². The fraction of sp³-hybridized carbons (Fsp3) is 0.167. The van der Waals surface area contributed by atoms with Crippen molar-refractivity contribution in [3.63, 3.8) is 0 Å². The third-order valence-corrected chi connectivity index (χ3v) is 5.60. The number of rotatable bonds is 4. The molecule has 0 saturated heterocycles. The number of alkyl halides is 6. The molecule has 0 aliphatic carbocycles. The van der Waals surface area contributed by atoms with Gasteiger partial charge in [-0.15, -0.1) is 0 Å². The molecule has 3 rings (SSSR count). The number of nitrogens with one attached hydrogen (secondary N) is 2. The maximum Gasteiger partial charge on any atom is 0.417 e. The fourth-order valence-electron chi connectivity index (χ4n) is 2.84. The third kappa shape index (κ3) is 4.49. The second kappa shape index (κ2) is 7.43. The minimum Gasteiger partial charge on any atom is -0.322 e. The van der Waals surface area contributed by atoms with Crippen LogP contribution in [0.2, 0.25) is 0 Å². The largest absolute Gasteiger partial charge is 0.417 e. The predicted octanol–water partition coefficient (Wildman–Crippen LogP) is 4.04. The summed E-state index contributed by atoms with van der Waals surface area (Å²) in [4.78, 5) is 13.0. The van der Waals surface area contributed by atoms with Crippen molar-refractivity contribution >= 4 is 20.9 Å². The van der Waals surface area contributed by atoms with Crippen molar-refractivity contribution in [2.75, 3.05) is 0 Å². The Morgan fingerprint density at radius 3 is 2.13 bits per heavy atom. The van der Waals surface area contributed by atoms with E-state index in [0.717, 1.165) is 30.3 Å². The number of pyridine rings is 1. The van der Waals surface area contributed by atoms with E-state index in [0.29, 0.717) is 12.1 Å². The van der Waals surface area contributed by atoms with Gasteiger partial charge in [0.05, 0.1) is 16.0 Å². The summed E-state index contributed by atoms with van der Waals surface area (Å²) in [5, 5.41) is -0.569. The lowest BCUT2D eigenvalue weighted by atomic mass is 10.1. The summed E-state index contributed by atoms with van der Waals surface area (Å²) in [6.45, 7) is -0.728. The minimum atomic E-state index is -4.92. The van der Waals surface area contributed by atoms with Gasteiger partial charge < -0.3 is 4.98 Å². The van der Waals surface area contributed by atoms with Crippen LogP contribution in [0.15, 0.2) is 58.2 Å². The van der Waals surface area contributed by atoms with Crippen molar-refractivity contribution in [1.82, 2.24) is 9.71 Å². The molecule has 5 nitrogen and oxygen atoms in total. The van der Waals surface area contributed by atoms with E-state index >= 15 is 0 Å². The molecule has 0 atom stereocenters. The molecule has 1 heterocycles. The van der Waals surface area contributed by atoms with Gasteiger partial charge in [0, 0.05) is 23.5 Å². The lowest BCUT2D eigenvalue weighted by Gasteiger charge is -2.14. The predicted molar refractivity (Wildman–Crippen MR) is 95.0 cm³/mol. The van der Waals surface area contributed by atoms with Crippen LogP contribution in [0.4, 0.5) is 26.3 Å². The van der Waals surface area contributed by atoms with Crippen molar-refractivity contribution in [2.24, 2.45) is 0 Å². The van der Waals surface area contributed by atoms with Crippen LogP contribution in [0.5, 0.6) is 0 Å². The Balaban J connectivity index is 2.00. The highest BCUT2D eigenvalue weighted by atomic mass is 32.2. The van der Waals surface area contributed by atoms with Crippen molar-refractivity contribution in [3.8, 4) is 0 Å². The zero-order valence-corrected chi connectivity index (χ0v) is 15.5. The van der Waals surface area contributed by atoms with Crippen LogP contribution in [0.25, 0.3) is 10.9 Å². The van der Waals surface area contributed by atoms with Crippen molar-refractivity contribution < 1.29 is 34.8 Å². The molecule has 2 aromatic carbocycles. The van der Waals surface area contributed by atoms with Gasteiger partial charge in [-0.25, -0.2) is 13.1 Å². The number of halogens is 6. The van der Waals surface area contributed by atoms with Crippen LogP contribution >= 0.6 is 0 Å². The highest BCUT2D eigenvalue weighted by Crippen LogP contribution is 2.34. The van der Waals surface area contributed by atoms with Gasteiger partial charge in [0.2, 0.25) is 15.6 Å². The molecule has 160 valence electrons. The van der Waals surface area contributed by atoms with Gasteiger partial charge >= 0.3 is 12.4 Å². The molecule has 12 heteroatoms. The van der Waals surface area contributed by atoms with Crippen molar-refractivity contribution in [1.29, 1.82) is 0 Å². The number of aromatic amines is 1. The summed E-state index contributed by atoms with van der Waals surface area (Å²) in [6, 6.07) is 7.22. The Morgan fingerprint density at radius 2 is 1.50 bits per heavy atom. The molecule has 0 aliphatic heterocycles. The number of sulfonamides is 1. The van der Waals surface area contributed by atoms with Crippen LogP contribution in [0, 0.1) is 0 Å². The van der Waals surface area contributed by atoms with Crippen LogP contribution in [-0.2, 0) is 28.9 Å². The first-order valence-electron chi connectivity index (χ1n) is 8.18.